The van der Waals surface area contributed by atoms with Gasteiger partial charge in [0.15, 0.2) is 0 Å². The molecule has 0 aliphatic rings. The van der Waals surface area contributed by atoms with Crippen LogP contribution in [0.2, 0.25) is 5.02 Å². The summed E-state index contributed by atoms with van der Waals surface area (Å²) in [5, 5.41) is 4.29. The lowest BCUT2D eigenvalue weighted by atomic mass is 10.0. The first-order valence-electron chi connectivity index (χ1n) is 7.22. The number of aryl methyl sites for hydroxylation is 2. The maximum absolute atomic E-state index is 6.27. The lowest BCUT2D eigenvalue weighted by molar-refractivity contribution is 0.874. The number of para-hydroxylation sites is 1. The molecule has 0 aromatic heterocycles. The fourth-order valence-electron chi connectivity index (χ4n) is 2.38. The number of benzene rings is 2. The number of hydrogen-bond donors (Lipinski definition) is 1. The summed E-state index contributed by atoms with van der Waals surface area (Å²) in [6.07, 6.45) is 2.33. The van der Waals surface area contributed by atoms with Crippen LogP contribution in [0, 0.1) is 6.92 Å². The van der Waals surface area contributed by atoms with Gasteiger partial charge in [0.1, 0.15) is 0 Å². The lowest BCUT2D eigenvalue weighted by Crippen LogP contribution is -2.08. The van der Waals surface area contributed by atoms with E-state index in [4.69, 9.17) is 11.6 Å². The SMILES string of the molecule is CCCc1ccc(C(C)Nc2c(C)cccc2Cl)cc1. The van der Waals surface area contributed by atoms with Crippen LogP contribution in [0.5, 0.6) is 0 Å². The highest BCUT2D eigenvalue weighted by Gasteiger charge is 2.09. The Morgan fingerprint density at radius 1 is 1.10 bits per heavy atom. The standard InChI is InChI=1S/C18H22ClN/c1-4-6-15-9-11-16(12-10-15)14(3)20-18-13(2)7-5-8-17(18)19/h5,7-12,14,20H,4,6H2,1-3H3. The highest BCUT2D eigenvalue weighted by atomic mass is 35.5. The third kappa shape index (κ3) is 3.55. The van der Waals surface area contributed by atoms with E-state index in [0.717, 1.165) is 17.1 Å². The second-order valence-corrected chi connectivity index (χ2v) is 5.70. The molecule has 1 unspecified atom stereocenters. The van der Waals surface area contributed by atoms with Gasteiger partial charge in [-0.05, 0) is 43.0 Å². The van der Waals surface area contributed by atoms with Crippen molar-refractivity contribution in [1.82, 2.24) is 0 Å². The first-order valence-corrected chi connectivity index (χ1v) is 7.60. The van der Waals surface area contributed by atoms with Gasteiger partial charge in [0.05, 0.1) is 10.7 Å². The topological polar surface area (TPSA) is 12.0 Å². The van der Waals surface area contributed by atoms with Gasteiger partial charge in [-0.1, -0.05) is 61.3 Å². The number of halogens is 1. The summed E-state index contributed by atoms with van der Waals surface area (Å²) in [6, 6.07) is 15.1. The molecular weight excluding hydrogens is 266 g/mol. The number of nitrogens with one attached hydrogen (secondary N) is 1. The molecule has 0 fully saturated rings. The van der Waals surface area contributed by atoms with Crippen molar-refractivity contribution in [3.8, 4) is 0 Å². The van der Waals surface area contributed by atoms with Gasteiger partial charge in [0.25, 0.3) is 0 Å². The van der Waals surface area contributed by atoms with Gasteiger partial charge in [-0.15, -0.1) is 0 Å². The monoisotopic (exact) mass is 287 g/mol. The van der Waals surface area contributed by atoms with Crippen LogP contribution >= 0.6 is 11.6 Å². The van der Waals surface area contributed by atoms with Crippen molar-refractivity contribution in [2.24, 2.45) is 0 Å². The summed E-state index contributed by atoms with van der Waals surface area (Å²) < 4.78 is 0. The van der Waals surface area contributed by atoms with Crippen LogP contribution in [0.4, 0.5) is 5.69 Å². The summed E-state index contributed by atoms with van der Waals surface area (Å²) in [6.45, 7) is 6.45. The first kappa shape index (κ1) is 14.9. The zero-order chi connectivity index (χ0) is 14.5. The number of hydrogen-bond acceptors (Lipinski definition) is 1. The highest BCUT2D eigenvalue weighted by molar-refractivity contribution is 6.33. The maximum Gasteiger partial charge on any atom is 0.0640 e. The van der Waals surface area contributed by atoms with Gasteiger partial charge in [0.2, 0.25) is 0 Å². The molecule has 0 heterocycles. The molecule has 1 N–H and O–H groups in total. The molecule has 20 heavy (non-hydrogen) atoms. The van der Waals surface area contributed by atoms with Crippen molar-refractivity contribution in [2.75, 3.05) is 5.32 Å². The predicted molar refractivity (Wildman–Crippen MR) is 88.7 cm³/mol. The summed E-state index contributed by atoms with van der Waals surface area (Å²) in [5.74, 6) is 0. The van der Waals surface area contributed by atoms with Crippen molar-refractivity contribution >= 4 is 17.3 Å². The van der Waals surface area contributed by atoms with Crippen molar-refractivity contribution in [1.29, 1.82) is 0 Å². The first-order chi connectivity index (χ1) is 9.61. The van der Waals surface area contributed by atoms with Crippen LogP contribution in [0.25, 0.3) is 0 Å². The van der Waals surface area contributed by atoms with Crippen LogP contribution in [0.3, 0.4) is 0 Å². The molecule has 2 aromatic carbocycles. The van der Waals surface area contributed by atoms with Crippen LogP contribution in [0.15, 0.2) is 42.5 Å². The van der Waals surface area contributed by atoms with Gasteiger partial charge in [-0.25, -0.2) is 0 Å². The Morgan fingerprint density at radius 3 is 2.40 bits per heavy atom. The fourth-order valence-corrected chi connectivity index (χ4v) is 2.65. The fraction of sp³-hybridized carbons (Fsp3) is 0.333. The van der Waals surface area contributed by atoms with E-state index in [2.05, 4.69) is 56.4 Å². The Morgan fingerprint density at radius 2 is 1.80 bits per heavy atom. The zero-order valence-electron chi connectivity index (χ0n) is 12.4. The molecule has 2 rings (SSSR count). The number of anilines is 1. The second-order valence-electron chi connectivity index (χ2n) is 5.29. The highest BCUT2D eigenvalue weighted by Crippen LogP contribution is 2.29. The molecule has 0 radical (unpaired) electrons. The van der Waals surface area contributed by atoms with Crippen LogP contribution in [-0.2, 0) is 6.42 Å². The average molecular weight is 288 g/mol. The maximum atomic E-state index is 6.27. The largest absolute Gasteiger partial charge is 0.377 e. The molecule has 2 aromatic rings. The number of rotatable bonds is 5. The van der Waals surface area contributed by atoms with Crippen molar-refractivity contribution in [3.05, 3.63) is 64.2 Å². The molecule has 0 amide bonds. The van der Waals surface area contributed by atoms with Gasteiger partial charge in [0, 0.05) is 6.04 Å². The van der Waals surface area contributed by atoms with E-state index in [1.807, 2.05) is 12.1 Å². The predicted octanol–water partition coefficient (Wildman–Crippen LogP) is 5.77. The Labute approximate surface area is 127 Å². The lowest BCUT2D eigenvalue weighted by Gasteiger charge is -2.19. The van der Waals surface area contributed by atoms with E-state index >= 15 is 0 Å². The van der Waals surface area contributed by atoms with Crippen LogP contribution in [-0.4, -0.2) is 0 Å². The van der Waals surface area contributed by atoms with E-state index in [0.29, 0.717) is 0 Å². The van der Waals surface area contributed by atoms with Crippen molar-refractivity contribution in [3.63, 3.8) is 0 Å². The Hall–Kier alpha value is -1.47. The molecule has 0 saturated carbocycles. The normalized spacial score (nSPS) is 12.2. The Kier molecular flexibility index (Phi) is 5.08. The molecular formula is C18H22ClN. The molecule has 0 aliphatic heterocycles. The van der Waals surface area contributed by atoms with Gasteiger partial charge >= 0.3 is 0 Å². The van der Waals surface area contributed by atoms with E-state index in [1.54, 1.807) is 0 Å². The Balaban J connectivity index is 2.13. The van der Waals surface area contributed by atoms with Gasteiger partial charge < -0.3 is 5.32 Å². The average Bonchev–Trinajstić information content (AvgIpc) is 2.44. The summed E-state index contributed by atoms with van der Waals surface area (Å²) in [4.78, 5) is 0. The van der Waals surface area contributed by atoms with E-state index < -0.39 is 0 Å². The summed E-state index contributed by atoms with van der Waals surface area (Å²) in [7, 11) is 0. The third-order valence-corrected chi connectivity index (χ3v) is 3.92. The minimum Gasteiger partial charge on any atom is -0.377 e. The molecule has 2 heteroatoms. The smallest absolute Gasteiger partial charge is 0.0640 e. The van der Waals surface area contributed by atoms with Crippen molar-refractivity contribution < 1.29 is 0 Å². The van der Waals surface area contributed by atoms with Gasteiger partial charge in [-0.2, -0.15) is 0 Å². The quantitative estimate of drug-likeness (QED) is 0.735. The molecule has 1 nitrogen and oxygen atoms in total. The molecule has 0 bridgehead atoms. The minimum atomic E-state index is 0.240. The van der Waals surface area contributed by atoms with E-state index in [9.17, 15) is 0 Å². The Bertz CT molecular complexity index is 540. The van der Waals surface area contributed by atoms with Crippen LogP contribution < -0.4 is 5.32 Å². The van der Waals surface area contributed by atoms with E-state index in [1.165, 1.54) is 23.1 Å². The van der Waals surface area contributed by atoms with E-state index in [-0.39, 0.29) is 6.04 Å². The van der Waals surface area contributed by atoms with Crippen molar-refractivity contribution in [2.45, 2.75) is 39.7 Å². The molecule has 106 valence electrons. The molecule has 1 atom stereocenters. The molecule has 0 saturated heterocycles. The summed E-state index contributed by atoms with van der Waals surface area (Å²) >= 11 is 6.27. The second kappa shape index (κ2) is 6.81. The summed E-state index contributed by atoms with van der Waals surface area (Å²) in [5.41, 5.74) is 4.88. The minimum absolute atomic E-state index is 0.240. The zero-order valence-corrected chi connectivity index (χ0v) is 13.2. The third-order valence-electron chi connectivity index (χ3n) is 3.60. The molecule has 0 spiro atoms. The van der Waals surface area contributed by atoms with Gasteiger partial charge in [-0.3, -0.25) is 0 Å². The molecule has 0 aliphatic carbocycles. The van der Waals surface area contributed by atoms with Crippen LogP contribution in [0.1, 0.15) is 43.0 Å².